The van der Waals surface area contributed by atoms with Gasteiger partial charge in [0.25, 0.3) is 0 Å². The van der Waals surface area contributed by atoms with Gasteiger partial charge in [-0.3, -0.25) is 5.10 Å². The van der Waals surface area contributed by atoms with Crippen molar-refractivity contribution < 1.29 is 9.53 Å². The summed E-state index contributed by atoms with van der Waals surface area (Å²) in [5.74, 6) is 0.714. The van der Waals surface area contributed by atoms with E-state index in [-0.39, 0.29) is 0 Å². The minimum absolute atomic E-state index is 0.292. The van der Waals surface area contributed by atoms with Crippen LogP contribution in [0.4, 0.5) is 0 Å². The summed E-state index contributed by atoms with van der Waals surface area (Å²) in [6.07, 6.45) is 0. The van der Waals surface area contributed by atoms with E-state index in [1.165, 1.54) is 11.8 Å². The molecule has 2 aromatic heterocycles. The third-order valence-corrected chi connectivity index (χ3v) is 4.69. The van der Waals surface area contributed by atoms with Gasteiger partial charge in [-0.2, -0.15) is 5.10 Å². The van der Waals surface area contributed by atoms with Gasteiger partial charge in [0.15, 0.2) is 5.82 Å². The summed E-state index contributed by atoms with van der Waals surface area (Å²) < 4.78 is 5.23. The molecule has 3 rings (SSSR count). The zero-order valence-corrected chi connectivity index (χ0v) is 15.8. The second kappa shape index (κ2) is 8.14. The number of rotatable bonds is 6. The molecule has 0 saturated carbocycles. The Bertz CT molecular complexity index is 889. The lowest BCUT2D eigenvalue weighted by Crippen LogP contribution is -2.08. The van der Waals surface area contributed by atoms with Crippen LogP contribution in [0.5, 0.6) is 0 Å². The van der Waals surface area contributed by atoms with E-state index in [2.05, 4.69) is 20.2 Å². The van der Waals surface area contributed by atoms with Crippen LogP contribution in [0.1, 0.15) is 34.2 Å². The molecule has 0 bridgehead atoms. The van der Waals surface area contributed by atoms with Gasteiger partial charge in [0.1, 0.15) is 16.3 Å². The number of carbonyl (C=O) groups is 1. The number of carbonyl (C=O) groups excluding carboxylic acids is 1. The Labute approximate surface area is 156 Å². The Morgan fingerprint density at radius 1 is 1.15 bits per heavy atom. The van der Waals surface area contributed by atoms with Crippen molar-refractivity contribution in [2.24, 2.45) is 0 Å². The van der Waals surface area contributed by atoms with Gasteiger partial charge in [-0.1, -0.05) is 30.3 Å². The van der Waals surface area contributed by atoms with Crippen molar-refractivity contribution in [2.75, 3.05) is 6.61 Å². The Hall–Kier alpha value is -2.67. The first-order chi connectivity index (χ1) is 12.6. The Morgan fingerprint density at radius 2 is 1.85 bits per heavy atom. The first-order valence-electron chi connectivity index (χ1n) is 8.33. The summed E-state index contributed by atoms with van der Waals surface area (Å²) in [6.45, 7) is 5.85. The first kappa shape index (κ1) is 18.1. The molecule has 0 aliphatic carbocycles. The van der Waals surface area contributed by atoms with E-state index in [0.29, 0.717) is 34.5 Å². The molecule has 6 nitrogen and oxygen atoms in total. The van der Waals surface area contributed by atoms with Crippen molar-refractivity contribution in [3.63, 3.8) is 0 Å². The van der Waals surface area contributed by atoms with E-state index in [9.17, 15) is 4.79 Å². The Balaban J connectivity index is 1.97. The molecule has 26 heavy (non-hydrogen) atoms. The van der Waals surface area contributed by atoms with Gasteiger partial charge in [0.05, 0.1) is 6.61 Å². The molecule has 0 radical (unpaired) electrons. The largest absolute Gasteiger partial charge is 0.462 e. The summed E-state index contributed by atoms with van der Waals surface area (Å²) >= 11 is 1.50. The van der Waals surface area contributed by atoms with Crippen LogP contribution in [0.3, 0.4) is 0 Å². The molecular weight excluding hydrogens is 348 g/mol. The standard InChI is InChI=1S/C19H20N4O2S/c1-4-25-19(24)15-16(17-20-12(2)10-13(3)21-17)22-23-18(15)26-11-14-8-6-5-7-9-14/h5-10H,4,11H2,1-3H3,(H,22,23). The molecule has 1 aromatic carbocycles. The van der Waals surface area contributed by atoms with Gasteiger partial charge in [0, 0.05) is 17.1 Å². The van der Waals surface area contributed by atoms with E-state index in [1.54, 1.807) is 6.92 Å². The number of nitrogens with one attached hydrogen (secondary N) is 1. The fourth-order valence-corrected chi connectivity index (χ4v) is 3.48. The van der Waals surface area contributed by atoms with E-state index in [0.717, 1.165) is 17.0 Å². The number of hydrogen-bond donors (Lipinski definition) is 1. The molecule has 1 N–H and O–H groups in total. The van der Waals surface area contributed by atoms with Gasteiger partial charge in [0.2, 0.25) is 0 Å². The predicted molar refractivity (Wildman–Crippen MR) is 101 cm³/mol. The van der Waals surface area contributed by atoms with Crippen molar-refractivity contribution in [2.45, 2.75) is 31.6 Å². The van der Waals surface area contributed by atoms with Crippen LogP contribution in [0.25, 0.3) is 11.5 Å². The molecule has 0 atom stereocenters. The number of aromatic amines is 1. The number of nitrogens with zero attached hydrogens (tertiary/aromatic N) is 3. The van der Waals surface area contributed by atoms with E-state index < -0.39 is 5.97 Å². The third-order valence-electron chi connectivity index (χ3n) is 3.63. The summed E-state index contributed by atoms with van der Waals surface area (Å²) in [7, 11) is 0. The number of benzene rings is 1. The second-order valence-corrected chi connectivity index (χ2v) is 6.73. The van der Waals surface area contributed by atoms with Crippen molar-refractivity contribution in [1.29, 1.82) is 0 Å². The number of aromatic nitrogens is 4. The fourth-order valence-electron chi connectivity index (χ4n) is 2.55. The van der Waals surface area contributed by atoms with Crippen LogP contribution in [-0.2, 0) is 10.5 Å². The molecule has 0 fully saturated rings. The van der Waals surface area contributed by atoms with E-state index in [1.807, 2.05) is 50.2 Å². The summed E-state index contributed by atoms with van der Waals surface area (Å²) in [6, 6.07) is 11.9. The Kier molecular flexibility index (Phi) is 5.68. The third kappa shape index (κ3) is 4.11. The van der Waals surface area contributed by atoms with Gasteiger partial charge < -0.3 is 4.74 Å². The van der Waals surface area contributed by atoms with Gasteiger partial charge >= 0.3 is 5.97 Å². The molecule has 0 saturated heterocycles. The zero-order valence-electron chi connectivity index (χ0n) is 14.9. The number of esters is 1. The van der Waals surface area contributed by atoms with Gasteiger partial charge in [-0.15, -0.1) is 11.8 Å². The van der Waals surface area contributed by atoms with Crippen LogP contribution >= 0.6 is 11.8 Å². The number of thioether (sulfide) groups is 1. The maximum Gasteiger partial charge on any atom is 0.343 e. The zero-order chi connectivity index (χ0) is 18.5. The number of ether oxygens (including phenoxy) is 1. The highest BCUT2D eigenvalue weighted by Gasteiger charge is 2.25. The summed E-state index contributed by atoms with van der Waals surface area (Å²) in [4.78, 5) is 21.4. The predicted octanol–water partition coefficient (Wildman–Crippen LogP) is 3.95. The first-order valence-corrected chi connectivity index (χ1v) is 9.32. The van der Waals surface area contributed by atoms with Crippen molar-refractivity contribution >= 4 is 17.7 Å². The van der Waals surface area contributed by atoms with Gasteiger partial charge in [-0.05, 0) is 32.4 Å². The second-order valence-electron chi connectivity index (χ2n) is 5.75. The molecule has 0 aliphatic heterocycles. The van der Waals surface area contributed by atoms with Crippen LogP contribution in [0.2, 0.25) is 0 Å². The van der Waals surface area contributed by atoms with Gasteiger partial charge in [-0.25, -0.2) is 14.8 Å². The average Bonchev–Trinajstić information content (AvgIpc) is 3.04. The normalized spacial score (nSPS) is 10.7. The monoisotopic (exact) mass is 368 g/mol. The van der Waals surface area contributed by atoms with E-state index >= 15 is 0 Å². The quantitative estimate of drug-likeness (QED) is 0.524. The summed E-state index contributed by atoms with van der Waals surface area (Å²) in [5.41, 5.74) is 3.61. The Morgan fingerprint density at radius 3 is 2.50 bits per heavy atom. The number of hydrogen-bond acceptors (Lipinski definition) is 6. The maximum absolute atomic E-state index is 12.6. The molecule has 7 heteroatoms. The fraction of sp³-hybridized carbons (Fsp3) is 0.263. The molecule has 0 amide bonds. The molecule has 3 aromatic rings. The molecule has 2 heterocycles. The van der Waals surface area contributed by atoms with Crippen molar-refractivity contribution in [3.05, 3.63) is 58.9 Å². The average molecular weight is 368 g/mol. The highest BCUT2D eigenvalue weighted by molar-refractivity contribution is 7.98. The lowest BCUT2D eigenvalue weighted by atomic mass is 10.2. The van der Waals surface area contributed by atoms with Crippen molar-refractivity contribution in [3.8, 4) is 11.5 Å². The van der Waals surface area contributed by atoms with E-state index in [4.69, 9.17) is 4.74 Å². The SMILES string of the molecule is CCOC(=O)c1c(-c2nc(C)cc(C)n2)n[nH]c1SCc1ccccc1. The highest BCUT2D eigenvalue weighted by Crippen LogP contribution is 2.31. The van der Waals surface area contributed by atoms with Crippen LogP contribution in [-0.4, -0.2) is 32.7 Å². The van der Waals surface area contributed by atoms with Crippen LogP contribution in [0.15, 0.2) is 41.4 Å². The lowest BCUT2D eigenvalue weighted by molar-refractivity contribution is 0.0523. The number of aryl methyl sites for hydroxylation is 2. The molecular formula is C19H20N4O2S. The molecule has 0 unspecified atom stereocenters. The molecule has 0 spiro atoms. The van der Waals surface area contributed by atoms with Crippen LogP contribution in [0, 0.1) is 13.8 Å². The lowest BCUT2D eigenvalue weighted by Gasteiger charge is -2.06. The molecule has 134 valence electrons. The maximum atomic E-state index is 12.6. The highest BCUT2D eigenvalue weighted by atomic mass is 32.2. The molecule has 0 aliphatic rings. The topological polar surface area (TPSA) is 80.8 Å². The minimum Gasteiger partial charge on any atom is -0.462 e. The summed E-state index contributed by atoms with van der Waals surface area (Å²) in [5, 5.41) is 7.92. The smallest absolute Gasteiger partial charge is 0.343 e. The van der Waals surface area contributed by atoms with Crippen LogP contribution < -0.4 is 0 Å². The van der Waals surface area contributed by atoms with Crippen molar-refractivity contribution in [1.82, 2.24) is 20.2 Å². The minimum atomic E-state index is -0.422. The number of H-pyrrole nitrogens is 1.